The number of amides is 1. The molecule has 2 fully saturated rings. The van der Waals surface area contributed by atoms with Gasteiger partial charge in [0.15, 0.2) is 0 Å². The normalized spacial score (nSPS) is 26.9. The Labute approximate surface area is 155 Å². The lowest BCUT2D eigenvalue weighted by Crippen LogP contribution is -2.51. The van der Waals surface area contributed by atoms with Gasteiger partial charge in [-0.05, 0) is 37.3 Å². The predicted octanol–water partition coefficient (Wildman–Crippen LogP) is 2.64. The molecule has 0 bridgehead atoms. The van der Waals surface area contributed by atoms with Crippen LogP contribution in [0, 0.1) is 11.8 Å². The molecule has 0 saturated carbocycles. The summed E-state index contributed by atoms with van der Waals surface area (Å²) in [6.45, 7) is 4.78. The molecule has 3 atom stereocenters. The van der Waals surface area contributed by atoms with Gasteiger partial charge in [-0.1, -0.05) is 37.3 Å². The van der Waals surface area contributed by atoms with Gasteiger partial charge < -0.3 is 10.0 Å². The van der Waals surface area contributed by atoms with Crippen LogP contribution in [0.15, 0.2) is 30.3 Å². The average molecular weight is 367 g/mol. The molecule has 1 aromatic rings. The van der Waals surface area contributed by atoms with Crippen molar-refractivity contribution < 1.29 is 14.7 Å². The van der Waals surface area contributed by atoms with E-state index in [0.29, 0.717) is 19.5 Å². The number of piperidine rings is 1. The zero-order chi connectivity index (χ0) is 17.1. The molecular formula is C19H27ClN2O3. The molecule has 2 aliphatic rings. The van der Waals surface area contributed by atoms with E-state index in [1.165, 1.54) is 5.56 Å². The molecule has 3 unspecified atom stereocenters. The van der Waals surface area contributed by atoms with Gasteiger partial charge in [0.1, 0.15) is 0 Å². The van der Waals surface area contributed by atoms with Crippen molar-refractivity contribution in [2.45, 2.75) is 38.8 Å². The maximum absolute atomic E-state index is 13.0. The first-order valence-corrected chi connectivity index (χ1v) is 8.84. The van der Waals surface area contributed by atoms with Crippen LogP contribution in [-0.2, 0) is 16.1 Å². The van der Waals surface area contributed by atoms with Crippen LogP contribution in [0.2, 0.25) is 0 Å². The van der Waals surface area contributed by atoms with Crippen LogP contribution in [0.3, 0.4) is 0 Å². The smallest absolute Gasteiger partial charge is 0.308 e. The molecule has 25 heavy (non-hydrogen) atoms. The van der Waals surface area contributed by atoms with Crippen LogP contribution >= 0.6 is 12.4 Å². The van der Waals surface area contributed by atoms with Crippen LogP contribution in [0.4, 0.5) is 0 Å². The number of halogens is 1. The van der Waals surface area contributed by atoms with Crippen LogP contribution < -0.4 is 0 Å². The molecule has 6 heteroatoms. The minimum absolute atomic E-state index is 0. The highest BCUT2D eigenvalue weighted by atomic mass is 35.5. The number of carboxylic acids is 1. The molecule has 5 nitrogen and oxygen atoms in total. The van der Waals surface area contributed by atoms with E-state index in [1.54, 1.807) is 4.90 Å². The lowest BCUT2D eigenvalue weighted by molar-refractivity contribution is -0.148. The highest BCUT2D eigenvalue weighted by Gasteiger charge is 2.38. The number of carbonyl (C=O) groups is 2. The van der Waals surface area contributed by atoms with E-state index in [4.69, 9.17) is 0 Å². The summed E-state index contributed by atoms with van der Waals surface area (Å²) >= 11 is 0. The second-order valence-corrected chi connectivity index (χ2v) is 7.23. The van der Waals surface area contributed by atoms with Gasteiger partial charge in [0.25, 0.3) is 0 Å². The molecular weight excluding hydrogens is 340 g/mol. The van der Waals surface area contributed by atoms with Crippen LogP contribution in [0.1, 0.15) is 31.7 Å². The Morgan fingerprint density at radius 1 is 1.20 bits per heavy atom. The van der Waals surface area contributed by atoms with Crippen molar-refractivity contribution >= 4 is 24.3 Å². The van der Waals surface area contributed by atoms with Gasteiger partial charge in [-0.15, -0.1) is 12.4 Å². The Bertz CT molecular complexity index is 596. The molecule has 3 rings (SSSR count). The number of aliphatic carboxylic acids is 1. The van der Waals surface area contributed by atoms with Crippen molar-refractivity contribution in [3.63, 3.8) is 0 Å². The molecule has 0 aromatic heterocycles. The number of hydrogen-bond acceptors (Lipinski definition) is 3. The van der Waals surface area contributed by atoms with Crippen molar-refractivity contribution in [3.05, 3.63) is 35.9 Å². The summed E-state index contributed by atoms with van der Waals surface area (Å²) in [5.41, 5.74) is 1.22. The number of rotatable bonds is 4. The van der Waals surface area contributed by atoms with E-state index in [-0.39, 0.29) is 30.3 Å². The monoisotopic (exact) mass is 366 g/mol. The van der Waals surface area contributed by atoms with Crippen LogP contribution in [0.25, 0.3) is 0 Å². The standard InChI is InChI=1S/C19H26N2O3.ClH/c1-14-10-16(19(23)24)13-21(11-14)18(22)17-8-5-9-20(17)12-15-6-3-2-4-7-15;/h2-4,6-7,14,16-17H,5,8-13H2,1H3,(H,23,24);1H. The van der Waals surface area contributed by atoms with Crippen molar-refractivity contribution in [1.82, 2.24) is 9.80 Å². The van der Waals surface area contributed by atoms with Gasteiger partial charge in [-0.3, -0.25) is 14.5 Å². The van der Waals surface area contributed by atoms with E-state index in [2.05, 4.69) is 17.0 Å². The van der Waals surface area contributed by atoms with E-state index in [1.807, 2.05) is 25.1 Å². The van der Waals surface area contributed by atoms with Crippen molar-refractivity contribution in [3.8, 4) is 0 Å². The summed E-state index contributed by atoms with van der Waals surface area (Å²) in [7, 11) is 0. The van der Waals surface area contributed by atoms with E-state index in [9.17, 15) is 14.7 Å². The topological polar surface area (TPSA) is 60.9 Å². The first-order chi connectivity index (χ1) is 11.5. The van der Waals surface area contributed by atoms with Crippen molar-refractivity contribution in [2.24, 2.45) is 11.8 Å². The number of carboxylic acid groups (broad SMARTS) is 1. The maximum Gasteiger partial charge on any atom is 0.308 e. The fourth-order valence-corrected chi connectivity index (χ4v) is 4.03. The second-order valence-electron chi connectivity index (χ2n) is 7.23. The fraction of sp³-hybridized carbons (Fsp3) is 0.579. The summed E-state index contributed by atoms with van der Waals surface area (Å²) in [6.07, 6.45) is 2.56. The molecule has 138 valence electrons. The molecule has 1 aromatic carbocycles. The van der Waals surface area contributed by atoms with Gasteiger partial charge in [0.05, 0.1) is 12.0 Å². The molecule has 2 aliphatic heterocycles. The van der Waals surface area contributed by atoms with E-state index in [0.717, 1.165) is 25.9 Å². The maximum atomic E-state index is 13.0. The molecule has 0 radical (unpaired) electrons. The Kier molecular flexibility index (Phi) is 6.85. The molecule has 2 saturated heterocycles. The summed E-state index contributed by atoms with van der Waals surface area (Å²) < 4.78 is 0. The summed E-state index contributed by atoms with van der Waals surface area (Å²) in [5, 5.41) is 9.32. The predicted molar refractivity (Wildman–Crippen MR) is 98.6 cm³/mol. The number of nitrogens with zero attached hydrogens (tertiary/aromatic N) is 2. The lowest BCUT2D eigenvalue weighted by Gasteiger charge is -2.37. The van der Waals surface area contributed by atoms with Gasteiger partial charge >= 0.3 is 5.97 Å². The third kappa shape index (κ3) is 4.73. The van der Waals surface area contributed by atoms with Crippen LogP contribution in [0.5, 0.6) is 0 Å². The Balaban J connectivity index is 0.00000225. The van der Waals surface area contributed by atoms with E-state index >= 15 is 0 Å². The van der Waals surface area contributed by atoms with Gasteiger partial charge in [-0.25, -0.2) is 0 Å². The van der Waals surface area contributed by atoms with Gasteiger partial charge in [0, 0.05) is 19.6 Å². The first-order valence-electron chi connectivity index (χ1n) is 8.84. The van der Waals surface area contributed by atoms with Gasteiger partial charge in [0.2, 0.25) is 5.91 Å². The van der Waals surface area contributed by atoms with Crippen molar-refractivity contribution in [1.29, 1.82) is 0 Å². The summed E-state index contributed by atoms with van der Waals surface area (Å²) in [6, 6.07) is 10.1. The number of likely N-dealkylation sites (tertiary alicyclic amines) is 2. The summed E-state index contributed by atoms with van der Waals surface area (Å²) in [5.74, 6) is -0.859. The van der Waals surface area contributed by atoms with Crippen molar-refractivity contribution in [2.75, 3.05) is 19.6 Å². The number of carbonyl (C=O) groups excluding carboxylic acids is 1. The molecule has 2 heterocycles. The van der Waals surface area contributed by atoms with E-state index < -0.39 is 11.9 Å². The Morgan fingerprint density at radius 3 is 2.60 bits per heavy atom. The quantitative estimate of drug-likeness (QED) is 0.889. The minimum Gasteiger partial charge on any atom is -0.481 e. The zero-order valence-electron chi connectivity index (χ0n) is 14.6. The average Bonchev–Trinajstić information content (AvgIpc) is 3.02. The van der Waals surface area contributed by atoms with Gasteiger partial charge in [-0.2, -0.15) is 0 Å². The largest absolute Gasteiger partial charge is 0.481 e. The highest BCUT2D eigenvalue weighted by molar-refractivity contribution is 5.85. The third-order valence-electron chi connectivity index (χ3n) is 5.20. The number of benzene rings is 1. The Hall–Kier alpha value is -1.59. The molecule has 0 spiro atoms. The summed E-state index contributed by atoms with van der Waals surface area (Å²) in [4.78, 5) is 28.4. The zero-order valence-corrected chi connectivity index (χ0v) is 15.5. The first kappa shape index (κ1) is 19.7. The fourth-order valence-electron chi connectivity index (χ4n) is 4.03. The Morgan fingerprint density at radius 2 is 1.92 bits per heavy atom. The minimum atomic E-state index is -0.785. The number of hydrogen-bond donors (Lipinski definition) is 1. The third-order valence-corrected chi connectivity index (χ3v) is 5.20. The molecule has 1 amide bonds. The highest BCUT2D eigenvalue weighted by Crippen LogP contribution is 2.26. The van der Waals surface area contributed by atoms with Crippen LogP contribution in [-0.4, -0.2) is 52.5 Å². The second kappa shape index (κ2) is 8.68. The lowest BCUT2D eigenvalue weighted by atomic mass is 9.90. The SMILES string of the molecule is CC1CC(C(=O)O)CN(C(=O)C2CCCN2Cc2ccccc2)C1.Cl. The molecule has 0 aliphatic carbocycles. The molecule has 1 N–H and O–H groups in total.